The number of aryl methyl sites for hydroxylation is 1. The number of anilines is 1. The molecule has 0 fully saturated rings. The maximum absolute atomic E-state index is 12.5. The second kappa shape index (κ2) is 6.80. The number of aromatic nitrogens is 2. The molecule has 2 rings (SSSR count). The SMILES string of the molecule is CCCCc1nnc(NC(=O)C(C)(C)c2ccccc2)s1. The van der Waals surface area contributed by atoms with Crippen molar-refractivity contribution in [1.29, 1.82) is 0 Å². The van der Waals surface area contributed by atoms with Gasteiger partial charge in [0.2, 0.25) is 11.0 Å². The van der Waals surface area contributed by atoms with Crippen molar-refractivity contribution in [2.45, 2.75) is 45.4 Å². The third-order valence-electron chi connectivity index (χ3n) is 3.49. The van der Waals surface area contributed by atoms with Crippen LogP contribution in [0.4, 0.5) is 5.13 Å². The lowest BCUT2D eigenvalue weighted by molar-refractivity contribution is -0.120. The van der Waals surface area contributed by atoms with Crippen molar-refractivity contribution in [3.8, 4) is 0 Å². The zero-order valence-corrected chi connectivity index (χ0v) is 13.5. The quantitative estimate of drug-likeness (QED) is 0.883. The van der Waals surface area contributed by atoms with Gasteiger partial charge in [0.25, 0.3) is 0 Å². The molecule has 0 aliphatic rings. The van der Waals surface area contributed by atoms with E-state index in [9.17, 15) is 4.79 Å². The van der Waals surface area contributed by atoms with E-state index in [1.165, 1.54) is 11.3 Å². The Labute approximate surface area is 129 Å². The van der Waals surface area contributed by atoms with E-state index < -0.39 is 5.41 Å². The number of amides is 1. The molecule has 1 heterocycles. The van der Waals surface area contributed by atoms with Gasteiger partial charge in [-0.2, -0.15) is 0 Å². The molecule has 0 atom stereocenters. The predicted octanol–water partition coefficient (Wildman–Crippen LogP) is 3.80. The Morgan fingerprint density at radius 3 is 2.62 bits per heavy atom. The van der Waals surface area contributed by atoms with Crippen LogP contribution in [0.1, 0.15) is 44.2 Å². The molecule has 0 saturated heterocycles. The average molecular weight is 303 g/mol. The number of rotatable bonds is 6. The van der Waals surface area contributed by atoms with Gasteiger partial charge in [-0.3, -0.25) is 10.1 Å². The summed E-state index contributed by atoms with van der Waals surface area (Å²) in [5, 5.41) is 12.6. The zero-order chi connectivity index (χ0) is 15.3. The van der Waals surface area contributed by atoms with Gasteiger partial charge in [0.1, 0.15) is 5.01 Å². The van der Waals surface area contributed by atoms with E-state index in [0.29, 0.717) is 5.13 Å². The van der Waals surface area contributed by atoms with Gasteiger partial charge in [0, 0.05) is 6.42 Å². The van der Waals surface area contributed by atoms with Crippen LogP contribution in [0.15, 0.2) is 30.3 Å². The van der Waals surface area contributed by atoms with Gasteiger partial charge in [0.15, 0.2) is 0 Å². The van der Waals surface area contributed by atoms with Crippen molar-refractivity contribution in [3.63, 3.8) is 0 Å². The predicted molar refractivity (Wildman–Crippen MR) is 86.6 cm³/mol. The van der Waals surface area contributed by atoms with Crippen LogP contribution in [-0.2, 0) is 16.6 Å². The molecule has 0 aliphatic heterocycles. The molecule has 2 aromatic rings. The lowest BCUT2D eigenvalue weighted by atomic mass is 9.84. The number of carbonyl (C=O) groups excluding carboxylic acids is 1. The molecule has 1 aromatic heterocycles. The third kappa shape index (κ3) is 3.88. The van der Waals surface area contributed by atoms with Gasteiger partial charge in [-0.15, -0.1) is 10.2 Å². The number of hydrogen-bond donors (Lipinski definition) is 1. The van der Waals surface area contributed by atoms with Crippen LogP contribution >= 0.6 is 11.3 Å². The Hall–Kier alpha value is -1.75. The molecule has 1 N–H and O–H groups in total. The summed E-state index contributed by atoms with van der Waals surface area (Å²) in [5.74, 6) is -0.0631. The molecule has 0 saturated carbocycles. The Morgan fingerprint density at radius 2 is 1.95 bits per heavy atom. The highest BCUT2D eigenvalue weighted by Gasteiger charge is 2.30. The second-order valence-electron chi connectivity index (χ2n) is 5.55. The van der Waals surface area contributed by atoms with Crippen LogP contribution < -0.4 is 5.32 Å². The minimum absolute atomic E-state index is 0.0631. The molecule has 1 aromatic carbocycles. The lowest BCUT2D eigenvalue weighted by Gasteiger charge is -2.23. The first-order valence-corrected chi connectivity index (χ1v) is 8.05. The number of unbranched alkanes of at least 4 members (excludes halogenated alkanes) is 1. The van der Waals surface area contributed by atoms with Crippen molar-refractivity contribution in [1.82, 2.24) is 10.2 Å². The molecule has 5 heteroatoms. The minimum Gasteiger partial charge on any atom is -0.300 e. The van der Waals surface area contributed by atoms with Crippen LogP contribution in [0.25, 0.3) is 0 Å². The summed E-state index contributed by atoms with van der Waals surface area (Å²) in [5.41, 5.74) is 0.384. The fraction of sp³-hybridized carbons (Fsp3) is 0.438. The summed E-state index contributed by atoms with van der Waals surface area (Å²) in [6.07, 6.45) is 3.15. The van der Waals surface area contributed by atoms with Crippen molar-refractivity contribution < 1.29 is 4.79 Å². The molecule has 0 bridgehead atoms. The first-order valence-electron chi connectivity index (χ1n) is 7.23. The van der Waals surface area contributed by atoms with Gasteiger partial charge < -0.3 is 0 Å². The number of nitrogens with one attached hydrogen (secondary N) is 1. The number of nitrogens with zero attached hydrogens (tertiary/aromatic N) is 2. The molecule has 4 nitrogen and oxygen atoms in total. The largest absolute Gasteiger partial charge is 0.300 e. The molecule has 0 spiro atoms. The Bertz CT molecular complexity index is 593. The highest BCUT2D eigenvalue weighted by atomic mass is 32.1. The van der Waals surface area contributed by atoms with Gasteiger partial charge >= 0.3 is 0 Å². The molecular weight excluding hydrogens is 282 g/mol. The molecule has 0 radical (unpaired) electrons. The van der Waals surface area contributed by atoms with E-state index in [0.717, 1.165) is 29.8 Å². The van der Waals surface area contributed by atoms with Crippen LogP contribution in [0, 0.1) is 0 Å². The minimum atomic E-state index is -0.601. The highest BCUT2D eigenvalue weighted by molar-refractivity contribution is 7.15. The molecule has 21 heavy (non-hydrogen) atoms. The number of hydrogen-bond acceptors (Lipinski definition) is 4. The van der Waals surface area contributed by atoms with Crippen molar-refractivity contribution in [3.05, 3.63) is 40.9 Å². The smallest absolute Gasteiger partial charge is 0.236 e. The summed E-state index contributed by atoms with van der Waals surface area (Å²) < 4.78 is 0. The summed E-state index contributed by atoms with van der Waals surface area (Å²) in [4.78, 5) is 12.5. The highest BCUT2D eigenvalue weighted by Crippen LogP contribution is 2.26. The first kappa shape index (κ1) is 15.6. The first-order chi connectivity index (χ1) is 10.0. The van der Waals surface area contributed by atoms with Crippen LogP contribution in [0.3, 0.4) is 0 Å². The molecule has 0 aliphatic carbocycles. The normalized spacial score (nSPS) is 11.4. The molecular formula is C16H21N3OS. The van der Waals surface area contributed by atoms with Crippen molar-refractivity contribution in [2.24, 2.45) is 0 Å². The van der Waals surface area contributed by atoms with E-state index in [2.05, 4.69) is 22.4 Å². The second-order valence-corrected chi connectivity index (χ2v) is 6.61. The molecule has 112 valence electrons. The number of benzene rings is 1. The van der Waals surface area contributed by atoms with Crippen LogP contribution in [0.5, 0.6) is 0 Å². The summed E-state index contributed by atoms with van der Waals surface area (Å²) in [6.45, 7) is 5.97. The van der Waals surface area contributed by atoms with Crippen molar-refractivity contribution in [2.75, 3.05) is 5.32 Å². The summed E-state index contributed by atoms with van der Waals surface area (Å²) in [6, 6.07) is 9.76. The Morgan fingerprint density at radius 1 is 1.24 bits per heavy atom. The van der Waals surface area contributed by atoms with Crippen molar-refractivity contribution >= 4 is 22.4 Å². The van der Waals surface area contributed by atoms with E-state index in [1.807, 2.05) is 44.2 Å². The van der Waals surface area contributed by atoms with E-state index in [4.69, 9.17) is 0 Å². The van der Waals surface area contributed by atoms with Crippen LogP contribution in [-0.4, -0.2) is 16.1 Å². The number of carbonyl (C=O) groups is 1. The fourth-order valence-corrected chi connectivity index (χ4v) is 2.75. The van der Waals surface area contributed by atoms with E-state index in [1.54, 1.807) is 0 Å². The maximum Gasteiger partial charge on any atom is 0.236 e. The summed E-state index contributed by atoms with van der Waals surface area (Å²) in [7, 11) is 0. The zero-order valence-electron chi connectivity index (χ0n) is 12.7. The standard InChI is InChI=1S/C16H21N3OS/c1-4-5-11-13-18-19-15(21-13)17-14(20)16(2,3)12-9-7-6-8-10-12/h6-10H,4-5,11H2,1-3H3,(H,17,19,20). The van der Waals surface area contributed by atoms with Crippen LogP contribution in [0.2, 0.25) is 0 Å². The molecule has 1 amide bonds. The van der Waals surface area contributed by atoms with Gasteiger partial charge in [-0.1, -0.05) is 55.0 Å². The van der Waals surface area contributed by atoms with Gasteiger partial charge in [-0.05, 0) is 25.8 Å². The van der Waals surface area contributed by atoms with Gasteiger partial charge in [-0.25, -0.2) is 0 Å². The fourth-order valence-electron chi connectivity index (χ4n) is 1.97. The Balaban J connectivity index is 2.05. The molecule has 0 unspecified atom stereocenters. The lowest BCUT2D eigenvalue weighted by Crippen LogP contribution is -2.34. The van der Waals surface area contributed by atoms with Gasteiger partial charge in [0.05, 0.1) is 5.41 Å². The average Bonchev–Trinajstić information content (AvgIpc) is 2.93. The van der Waals surface area contributed by atoms with E-state index >= 15 is 0 Å². The van der Waals surface area contributed by atoms with E-state index in [-0.39, 0.29) is 5.91 Å². The third-order valence-corrected chi connectivity index (χ3v) is 4.39. The topological polar surface area (TPSA) is 54.9 Å². The summed E-state index contributed by atoms with van der Waals surface area (Å²) >= 11 is 1.46. The monoisotopic (exact) mass is 303 g/mol. The maximum atomic E-state index is 12.5. The Kier molecular flexibility index (Phi) is 5.07.